The second kappa shape index (κ2) is 7.41. The van der Waals surface area contributed by atoms with Crippen LogP contribution in [0.1, 0.15) is 30.1 Å². The lowest BCUT2D eigenvalue weighted by Gasteiger charge is -2.32. The number of fused-ring (bicyclic) bond motifs is 1. The second-order valence-corrected chi connectivity index (χ2v) is 6.42. The number of halogens is 1. The zero-order valence-electron chi connectivity index (χ0n) is 13.5. The van der Waals surface area contributed by atoms with Crippen LogP contribution in [-0.2, 0) is 6.54 Å². The molecule has 1 aliphatic heterocycles. The van der Waals surface area contributed by atoms with Gasteiger partial charge in [-0.3, -0.25) is 4.90 Å². The van der Waals surface area contributed by atoms with E-state index in [4.69, 9.17) is 4.42 Å². The lowest BCUT2D eigenvalue weighted by atomic mass is 9.90. The van der Waals surface area contributed by atoms with Crippen molar-refractivity contribution in [1.82, 2.24) is 4.90 Å². The van der Waals surface area contributed by atoms with E-state index >= 15 is 0 Å². The lowest BCUT2D eigenvalue weighted by molar-refractivity contribution is 0.187. The van der Waals surface area contributed by atoms with E-state index in [9.17, 15) is 5.11 Å². The van der Waals surface area contributed by atoms with Crippen LogP contribution in [0.2, 0.25) is 0 Å². The van der Waals surface area contributed by atoms with Crippen LogP contribution in [0.5, 0.6) is 5.75 Å². The largest absolute Gasteiger partial charge is 0.508 e. The normalized spacial score (nSPS) is 18.4. The molecule has 4 heteroatoms. The number of rotatable bonds is 3. The van der Waals surface area contributed by atoms with Crippen molar-refractivity contribution in [2.75, 3.05) is 13.1 Å². The van der Waals surface area contributed by atoms with Crippen molar-refractivity contribution in [2.24, 2.45) is 0 Å². The summed E-state index contributed by atoms with van der Waals surface area (Å²) in [6.45, 7) is 2.96. The van der Waals surface area contributed by atoms with Crippen molar-refractivity contribution < 1.29 is 9.52 Å². The van der Waals surface area contributed by atoms with Crippen LogP contribution in [-0.4, -0.2) is 23.1 Å². The van der Waals surface area contributed by atoms with Crippen LogP contribution in [0, 0.1) is 0 Å². The molecule has 4 rings (SSSR count). The molecular weight excluding hydrogens is 366 g/mol. The Morgan fingerprint density at radius 3 is 2.88 bits per heavy atom. The van der Waals surface area contributed by atoms with E-state index in [-0.39, 0.29) is 17.0 Å². The predicted molar refractivity (Wildman–Crippen MR) is 102 cm³/mol. The van der Waals surface area contributed by atoms with Crippen LogP contribution >= 0.6 is 17.0 Å². The molecule has 1 aromatic heterocycles. The molecule has 0 radical (unpaired) electrons. The zero-order valence-corrected chi connectivity index (χ0v) is 15.2. The van der Waals surface area contributed by atoms with Gasteiger partial charge < -0.3 is 9.52 Å². The molecular formula is C20H22BrNO2. The van der Waals surface area contributed by atoms with E-state index in [1.54, 1.807) is 6.07 Å². The zero-order chi connectivity index (χ0) is 15.6. The Labute approximate surface area is 152 Å². The fourth-order valence-corrected chi connectivity index (χ4v) is 3.63. The Morgan fingerprint density at radius 1 is 1.12 bits per heavy atom. The average molecular weight is 388 g/mol. The fourth-order valence-electron chi connectivity index (χ4n) is 3.63. The third-order valence-corrected chi connectivity index (χ3v) is 4.80. The van der Waals surface area contributed by atoms with Gasteiger partial charge in [0.05, 0.1) is 12.8 Å². The third-order valence-electron chi connectivity index (χ3n) is 4.80. The highest BCUT2D eigenvalue weighted by Gasteiger charge is 2.22. The molecule has 126 valence electrons. The molecule has 1 unspecified atom stereocenters. The predicted octanol–water partition coefficient (Wildman–Crippen LogP) is 5.10. The maximum absolute atomic E-state index is 9.71. The van der Waals surface area contributed by atoms with Gasteiger partial charge in [0.15, 0.2) is 0 Å². The topological polar surface area (TPSA) is 36.6 Å². The molecule has 1 N–H and O–H groups in total. The standard InChI is InChI=1S/C20H21NO2.BrH/c22-18-8-3-6-15(11-18)16-7-4-10-21(12-16)13-20-19-9-2-1-5-17(19)14-23-20;/h1-3,5-6,8-9,11,14,16,22H,4,7,10,12-13H2;1H. The molecule has 3 nitrogen and oxygen atoms in total. The number of aromatic hydroxyl groups is 1. The molecule has 3 aromatic rings. The number of hydrogen-bond acceptors (Lipinski definition) is 3. The molecule has 1 fully saturated rings. The van der Waals surface area contributed by atoms with Gasteiger partial charge in [0.2, 0.25) is 0 Å². The summed E-state index contributed by atoms with van der Waals surface area (Å²) in [7, 11) is 0. The van der Waals surface area contributed by atoms with Gasteiger partial charge in [-0.2, -0.15) is 0 Å². The van der Waals surface area contributed by atoms with Crippen molar-refractivity contribution in [1.29, 1.82) is 0 Å². The van der Waals surface area contributed by atoms with Gasteiger partial charge >= 0.3 is 0 Å². The quantitative estimate of drug-likeness (QED) is 0.679. The molecule has 0 saturated carbocycles. The van der Waals surface area contributed by atoms with Crippen LogP contribution in [0.25, 0.3) is 10.8 Å². The van der Waals surface area contributed by atoms with Gasteiger partial charge in [0.1, 0.15) is 11.5 Å². The summed E-state index contributed by atoms with van der Waals surface area (Å²) in [5.74, 6) is 1.89. The van der Waals surface area contributed by atoms with E-state index in [1.807, 2.05) is 24.5 Å². The first kappa shape index (κ1) is 17.1. The van der Waals surface area contributed by atoms with Gasteiger partial charge in [0, 0.05) is 17.3 Å². The van der Waals surface area contributed by atoms with Crippen molar-refractivity contribution in [3.8, 4) is 5.75 Å². The molecule has 24 heavy (non-hydrogen) atoms. The summed E-state index contributed by atoms with van der Waals surface area (Å²) in [6.07, 6.45) is 4.21. The van der Waals surface area contributed by atoms with Gasteiger partial charge in [-0.25, -0.2) is 0 Å². The van der Waals surface area contributed by atoms with Gasteiger partial charge in [0.25, 0.3) is 0 Å². The first-order valence-electron chi connectivity index (χ1n) is 8.26. The van der Waals surface area contributed by atoms with Crippen molar-refractivity contribution in [3.05, 3.63) is 66.1 Å². The maximum atomic E-state index is 9.71. The fraction of sp³-hybridized carbons (Fsp3) is 0.300. The molecule has 0 amide bonds. The Hall–Kier alpha value is -1.78. The van der Waals surface area contributed by atoms with Gasteiger partial charge in [-0.15, -0.1) is 17.0 Å². The highest BCUT2D eigenvalue weighted by atomic mass is 79.9. The first-order chi connectivity index (χ1) is 11.3. The first-order valence-corrected chi connectivity index (χ1v) is 8.26. The minimum atomic E-state index is 0. The summed E-state index contributed by atoms with van der Waals surface area (Å²) < 4.78 is 5.80. The SMILES string of the molecule is Br.Oc1cccc(C2CCCN(Cc3occ4ccccc34)C2)c1. The summed E-state index contributed by atoms with van der Waals surface area (Å²) in [6, 6.07) is 16.0. The van der Waals surface area contributed by atoms with E-state index in [0.29, 0.717) is 11.7 Å². The van der Waals surface area contributed by atoms with Crippen LogP contribution < -0.4 is 0 Å². The van der Waals surface area contributed by atoms with E-state index in [0.717, 1.165) is 25.4 Å². The molecule has 1 aliphatic rings. The van der Waals surface area contributed by atoms with E-state index < -0.39 is 0 Å². The second-order valence-electron chi connectivity index (χ2n) is 6.42. The number of likely N-dealkylation sites (tertiary alicyclic amines) is 1. The van der Waals surface area contributed by atoms with Crippen LogP contribution in [0.4, 0.5) is 0 Å². The number of phenols is 1. The molecule has 0 spiro atoms. The van der Waals surface area contributed by atoms with Gasteiger partial charge in [-0.1, -0.05) is 36.4 Å². The smallest absolute Gasteiger partial charge is 0.125 e. The third kappa shape index (κ3) is 3.50. The number of furan rings is 1. The summed E-state index contributed by atoms with van der Waals surface area (Å²) in [5.41, 5.74) is 1.24. The Bertz CT molecular complexity index is 814. The minimum absolute atomic E-state index is 0. The highest BCUT2D eigenvalue weighted by molar-refractivity contribution is 8.93. The number of hydrogen-bond donors (Lipinski definition) is 1. The molecule has 2 heterocycles. The average Bonchev–Trinajstić information content (AvgIpc) is 2.98. The van der Waals surface area contributed by atoms with Crippen molar-refractivity contribution in [2.45, 2.75) is 25.3 Å². The minimum Gasteiger partial charge on any atom is -0.508 e. The molecule has 1 atom stereocenters. The van der Waals surface area contributed by atoms with Crippen LogP contribution in [0.3, 0.4) is 0 Å². The van der Waals surface area contributed by atoms with Crippen molar-refractivity contribution in [3.63, 3.8) is 0 Å². The molecule has 0 aliphatic carbocycles. The number of piperidine rings is 1. The maximum Gasteiger partial charge on any atom is 0.125 e. The molecule has 2 aromatic carbocycles. The number of benzene rings is 2. The molecule has 0 bridgehead atoms. The number of phenolic OH excluding ortho intramolecular Hbond substituents is 1. The van der Waals surface area contributed by atoms with Gasteiger partial charge in [-0.05, 0) is 43.0 Å². The summed E-state index contributed by atoms with van der Waals surface area (Å²) in [4.78, 5) is 2.46. The lowest BCUT2D eigenvalue weighted by Crippen LogP contribution is -2.33. The highest BCUT2D eigenvalue weighted by Crippen LogP contribution is 2.30. The van der Waals surface area contributed by atoms with Crippen molar-refractivity contribution >= 4 is 27.8 Å². The Balaban J connectivity index is 0.00000169. The van der Waals surface area contributed by atoms with E-state index in [2.05, 4.69) is 29.2 Å². The monoisotopic (exact) mass is 387 g/mol. The van der Waals surface area contributed by atoms with Crippen LogP contribution in [0.15, 0.2) is 59.2 Å². The molecule has 1 saturated heterocycles. The van der Waals surface area contributed by atoms with E-state index in [1.165, 1.54) is 29.2 Å². The summed E-state index contributed by atoms with van der Waals surface area (Å²) >= 11 is 0. The Morgan fingerprint density at radius 2 is 2.00 bits per heavy atom. The Kier molecular flexibility index (Phi) is 5.27. The number of nitrogens with zero attached hydrogens (tertiary/aromatic N) is 1. The summed E-state index contributed by atoms with van der Waals surface area (Å²) in [5, 5.41) is 12.1.